The molecular weight excluding hydrogens is 516 g/mol. The summed E-state index contributed by atoms with van der Waals surface area (Å²) in [5, 5.41) is 8.45. The highest BCUT2D eigenvalue weighted by atomic mass is 35.5. The summed E-state index contributed by atoms with van der Waals surface area (Å²) in [5.41, 5.74) is 4.24. The highest BCUT2D eigenvalue weighted by molar-refractivity contribution is 6.30. The number of methoxy groups -OCH3 is 1. The van der Waals surface area contributed by atoms with Crippen LogP contribution in [0.2, 0.25) is 5.02 Å². The number of anilines is 1. The standard InChI is InChI=1S/C30H27ClN4O4/c1-4-39-29(36)26-19(2)35(23-14-12-21(31)13-15-23)30(37)32-28(26)25-18-34(22-8-6-5-7-9-22)33-27(25)20-10-16-24(38-3)17-11-20/h5-18,28H,4H2,1-3H3,(H,32,37)/t28-/m0/s1. The van der Waals surface area contributed by atoms with E-state index in [0.29, 0.717) is 39.0 Å². The van der Waals surface area contributed by atoms with Crippen LogP contribution in [0.5, 0.6) is 5.75 Å². The normalized spacial score (nSPS) is 15.2. The molecule has 0 spiro atoms. The highest BCUT2D eigenvalue weighted by Gasteiger charge is 2.39. The first kappa shape index (κ1) is 26.1. The van der Waals surface area contributed by atoms with Crippen LogP contribution in [-0.2, 0) is 9.53 Å². The molecule has 2 heterocycles. The second-order valence-electron chi connectivity index (χ2n) is 8.86. The Labute approximate surface area is 231 Å². The van der Waals surface area contributed by atoms with E-state index < -0.39 is 12.0 Å². The van der Waals surface area contributed by atoms with E-state index in [-0.39, 0.29) is 12.6 Å². The minimum atomic E-state index is -0.810. The van der Waals surface area contributed by atoms with Crippen molar-refractivity contribution in [2.24, 2.45) is 0 Å². The van der Waals surface area contributed by atoms with Gasteiger partial charge in [-0.1, -0.05) is 29.8 Å². The van der Waals surface area contributed by atoms with Gasteiger partial charge in [-0.25, -0.2) is 14.3 Å². The molecule has 0 unspecified atom stereocenters. The summed E-state index contributed by atoms with van der Waals surface area (Å²) in [4.78, 5) is 28.4. The molecule has 1 atom stereocenters. The quantitative estimate of drug-likeness (QED) is 0.277. The van der Waals surface area contributed by atoms with Gasteiger partial charge in [-0.3, -0.25) is 4.90 Å². The van der Waals surface area contributed by atoms with Gasteiger partial charge in [0, 0.05) is 28.0 Å². The van der Waals surface area contributed by atoms with Gasteiger partial charge < -0.3 is 14.8 Å². The largest absolute Gasteiger partial charge is 0.497 e. The van der Waals surface area contributed by atoms with Crippen LogP contribution >= 0.6 is 11.6 Å². The molecule has 1 aliphatic heterocycles. The molecule has 3 aromatic carbocycles. The summed E-state index contributed by atoms with van der Waals surface area (Å²) >= 11 is 6.07. The molecule has 2 amide bonds. The van der Waals surface area contributed by atoms with Gasteiger partial charge in [-0.2, -0.15) is 5.10 Å². The number of allylic oxidation sites excluding steroid dienone is 1. The van der Waals surface area contributed by atoms with E-state index in [4.69, 9.17) is 26.2 Å². The number of urea groups is 1. The lowest BCUT2D eigenvalue weighted by Crippen LogP contribution is -2.48. The number of nitrogens with one attached hydrogen (secondary N) is 1. The number of benzene rings is 3. The number of nitrogens with zero attached hydrogens (tertiary/aromatic N) is 3. The third kappa shape index (κ3) is 5.11. The number of halogens is 1. The molecule has 39 heavy (non-hydrogen) atoms. The number of carbonyl (C=O) groups is 2. The fraction of sp³-hybridized carbons (Fsp3) is 0.167. The fourth-order valence-electron chi connectivity index (χ4n) is 4.64. The lowest BCUT2D eigenvalue weighted by atomic mass is 9.93. The van der Waals surface area contributed by atoms with Crippen LogP contribution < -0.4 is 15.0 Å². The Morgan fingerprint density at radius 3 is 2.33 bits per heavy atom. The number of esters is 1. The molecule has 8 nitrogen and oxygen atoms in total. The third-order valence-corrected chi connectivity index (χ3v) is 6.75. The molecule has 1 N–H and O–H groups in total. The van der Waals surface area contributed by atoms with Gasteiger partial charge in [0.1, 0.15) is 5.75 Å². The van der Waals surface area contributed by atoms with E-state index in [1.807, 2.05) is 60.8 Å². The van der Waals surface area contributed by atoms with E-state index in [9.17, 15) is 9.59 Å². The zero-order valence-corrected chi connectivity index (χ0v) is 22.5. The second-order valence-corrected chi connectivity index (χ2v) is 9.29. The van der Waals surface area contributed by atoms with E-state index in [2.05, 4.69) is 5.32 Å². The van der Waals surface area contributed by atoms with Crippen LogP contribution in [-0.4, -0.2) is 35.5 Å². The van der Waals surface area contributed by atoms with Crippen molar-refractivity contribution in [1.82, 2.24) is 15.1 Å². The van der Waals surface area contributed by atoms with Crippen LogP contribution in [0.15, 0.2) is 96.3 Å². The van der Waals surface area contributed by atoms with E-state index in [0.717, 1.165) is 11.3 Å². The fourth-order valence-corrected chi connectivity index (χ4v) is 4.76. The third-order valence-electron chi connectivity index (χ3n) is 6.50. The van der Waals surface area contributed by atoms with E-state index in [1.54, 1.807) is 49.9 Å². The Morgan fingerprint density at radius 2 is 1.69 bits per heavy atom. The first-order valence-electron chi connectivity index (χ1n) is 12.4. The van der Waals surface area contributed by atoms with Crippen LogP contribution in [0.1, 0.15) is 25.5 Å². The van der Waals surface area contributed by atoms with E-state index in [1.165, 1.54) is 4.90 Å². The molecule has 0 bridgehead atoms. The average molecular weight is 543 g/mol. The first-order valence-corrected chi connectivity index (χ1v) is 12.8. The van der Waals surface area contributed by atoms with Crippen molar-refractivity contribution in [3.05, 3.63) is 107 Å². The van der Waals surface area contributed by atoms with Gasteiger partial charge in [-0.05, 0) is 74.5 Å². The smallest absolute Gasteiger partial charge is 0.338 e. The number of hydrogen-bond acceptors (Lipinski definition) is 5. The molecule has 0 aliphatic carbocycles. The Hall–Kier alpha value is -4.56. The van der Waals surface area contributed by atoms with Gasteiger partial charge in [-0.15, -0.1) is 0 Å². The van der Waals surface area contributed by atoms with Crippen LogP contribution in [0.4, 0.5) is 10.5 Å². The monoisotopic (exact) mass is 542 g/mol. The topological polar surface area (TPSA) is 85.7 Å². The maximum Gasteiger partial charge on any atom is 0.338 e. The molecule has 1 aromatic heterocycles. The lowest BCUT2D eigenvalue weighted by Gasteiger charge is -2.35. The molecule has 0 radical (unpaired) electrons. The number of hydrogen-bond donors (Lipinski definition) is 1. The predicted molar refractivity (Wildman–Crippen MR) is 150 cm³/mol. The SMILES string of the molecule is CCOC(=O)C1=C(C)N(c2ccc(Cl)cc2)C(=O)N[C@H]1c1cn(-c2ccccc2)nc1-c1ccc(OC)cc1. The summed E-state index contributed by atoms with van der Waals surface area (Å²) in [6.07, 6.45) is 1.84. The maximum absolute atomic E-state index is 13.6. The minimum absolute atomic E-state index is 0.186. The molecule has 0 saturated carbocycles. The number of amides is 2. The van der Waals surface area contributed by atoms with Crippen molar-refractivity contribution in [3.8, 4) is 22.7 Å². The molecular formula is C30H27ClN4O4. The summed E-state index contributed by atoms with van der Waals surface area (Å²) in [5.74, 6) is 0.183. The number of para-hydroxylation sites is 1. The average Bonchev–Trinajstić information content (AvgIpc) is 3.40. The Balaban J connectivity index is 1.69. The minimum Gasteiger partial charge on any atom is -0.497 e. The van der Waals surface area contributed by atoms with Crippen molar-refractivity contribution >= 4 is 29.3 Å². The van der Waals surface area contributed by atoms with E-state index >= 15 is 0 Å². The number of carbonyl (C=O) groups excluding carboxylic acids is 2. The second kappa shape index (κ2) is 11.0. The van der Waals surface area contributed by atoms with Gasteiger partial charge in [0.25, 0.3) is 0 Å². The maximum atomic E-state index is 13.6. The Morgan fingerprint density at radius 1 is 1.00 bits per heavy atom. The summed E-state index contributed by atoms with van der Waals surface area (Å²) in [7, 11) is 1.60. The molecule has 0 saturated heterocycles. The number of rotatable bonds is 7. The number of ether oxygens (including phenoxy) is 2. The van der Waals surface area contributed by atoms with Crippen LogP contribution in [0, 0.1) is 0 Å². The van der Waals surface area contributed by atoms with Gasteiger partial charge >= 0.3 is 12.0 Å². The molecule has 9 heteroatoms. The molecule has 198 valence electrons. The van der Waals surface area contributed by atoms with Crippen LogP contribution in [0.25, 0.3) is 16.9 Å². The number of aromatic nitrogens is 2. The highest BCUT2D eigenvalue weighted by Crippen LogP contribution is 2.38. The van der Waals surface area contributed by atoms with Crippen molar-refractivity contribution in [3.63, 3.8) is 0 Å². The van der Waals surface area contributed by atoms with Gasteiger partial charge in [0.15, 0.2) is 0 Å². The van der Waals surface area contributed by atoms with Crippen molar-refractivity contribution < 1.29 is 19.1 Å². The summed E-state index contributed by atoms with van der Waals surface area (Å²) < 4.78 is 12.5. The van der Waals surface area contributed by atoms with Crippen molar-refractivity contribution in [2.45, 2.75) is 19.9 Å². The zero-order chi connectivity index (χ0) is 27.5. The molecule has 4 aromatic rings. The molecule has 0 fully saturated rings. The van der Waals surface area contributed by atoms with Gasteiger partial charge in [0.05, 0.1) is 42.4 Å². The van der Waals surface area contributed by atoms with Gasteiger partial charge in [0.2, 0.25) is 0 Å². The molecule has 1 aliphatic rings. The lowest BCUT2D eigenvalue weighted by molar-refractivity contribution is -0.139. The Kier molecular flexibility index (Phi) is 7.38. The van der Waals surface area contributed by atoms with Crippen LogP contribution in [0.3, 0.4) is 0 Å². The van der Waals surface area contributed by atoms with Crippen molar-refractivity contribution in [2.75, 3.05) is 18.6 Å². The molecule has 5 rings (SSSR count). The Bertz CT molecular complexity index is 1530. The summed E-state index contributed by atoms with van der Waals surface area (Å²) in [6.45, 7) is 3.67. The zero-order valence-electron chi connectivity index (χ0n) is 21.7. The first-order chi connectivity index (χ1) is 18.9. The summed E-state index contributed by atoms with van der Waals surface area (Å²) in [6, 6.07) is 22.8. The van der Waals surface area contributed by atoms with Crippen molar-refractivity contribution in [1.29, 1.82) is 0 Å². The predicted octanol–water partition coefficient (Wildman–Crippen LogP) is 6.31.